The standard InChI is InChI=1S/C5H8ClN4O/c1-3(11)9-5-8-2-7-4(6)10-5/h2-3,11H,1H3,(H2,7,8,9,10). The lowest BCUT2D eigenvalue weighted by molar-refractivity contribution is 0.180. The number of aliphatic hydroxyl groups excluding tert-OH is 1. The number of hydrogen-bond acceptors (Lipinski definition) is 5. The molecule has 0 fully saturated rings. The molecule has 1 aliphatic rings. The highest BCUT2D eigenvalue weighted by Crippen LogP contribution is 2.04. The summed E-state index contributed by atoms with van der Waals surface area (Å²) in [5.41, 5.74) is 0.225. The number of aliphatic hydroxyl groups is 1. The molecule has 0 spiro atoms. The summed E-state index contributed by atoms with van der Waals surface area (Å²) in [6.45, 7) is 1.56. The minimum absolute atomic E-state index is 0.225. The van der Waals surface area contributed by atoms with E-state index in [1.165, 1.54) is 6.34 Å². The highest BCUT2D eigenvalue weighted by molar-refractivity contribution is 6.28. The van der Waals surface area contributed by atoms with Crippen molar-refractivity contribution in [2.24, 2.45) is 9.98 Å². The van der Waals surface area contributed by atoms with Crippen LogP contribution >= 0.6 is 11.6 Å². The monoisotopic (exact) mass is 175 g/mol. The zero-order chi connectivity index (χ0) is 8.27. The third kappa shape index (κ3) is 2.73. The summed E-state index contributed by atoms with van der Waals surface area (Å²) in [5, 5.41) is 14.0. The second-order valence-corrected chi connectivity index (χ2v) is 2.31. The van der Waals surface area contributed by atoms with E-state index >= 15 is 0 Å². The van der Waals surface area contributed by atoms with Gasteiger partial charge in [-0.05, 0) is 6.92 Å². The van der Waals surface area contributed by atoms with Gasteiger partial charge in [-0.1, -0.05) is 11.6 Å². The minimum atomic E-state index is -0.687. The van der Waals surface area contributed by atoms with Crippen LogP contribution in [-0.2, 0) is 0 Å². The molecule has 0 saturated heterocycles. The van der Waals surface area contributed by atoms with Crippen molar-refractivity contribution in [3.63, 3.8) is 0 Å². The van der Waals surface area contributed by atoms with Crippen LogP contribution in [0.15, 0.2) is 9.98 Å². The van der Waals surface area contributed by atoms with Crippen LogP contribution in [0.2, 0.25) is 0 Å². The summed E-state index contributed by atoms with van der Waals surface area (Å²) in [6, 6.07) is 0. The molecule has 61 valence electrons. The summed E-state index contributed by atoms with van der Waals surface area (Å²) in [5.74, 6) is 0.295. The molecule has 5 nitrogen and oxygen atoms in total. The fourth-order valence-electron chi connectivity index (χ4n) is 0.557. The summed E-state index contributed by atoms with van der Waals surface area (Å²) >= 11 is 5.50. The molecule has 3 N–H and O–H groups in total. The second-order valence-electron chi connectivity index (χ2n) is 1.95. The Balaban J connectivity index is 2.50. The summed E-state index contributed by atoms with van der Waals surface area (Å²) in [4.78, 5) is 7.50. The van der Waals surface area contributed by atoms with Gasteiger partial charge in [-0.15, -0.1) is 0 Å². The van der Waals surface area contributed by atoms with Gasteiger partial charge >= 0.3 is 0 Å². The summed E-state index contributed by atoms with van der Waals surface area (Å²) < 4.78 is 0. The van der Waals surface area contributed by atoms with E-state index in [4.69, 9.17) is 16.7 Å². The van der Waals surface area contributed by atoms with Crippen LogP contribution in [0.5, 0.6) is 0 Å². The molecule has 1 atom stereocenters. The van der Waals surface area contributed by atoms with Gasteiger partial charge in [0.25, 0.3) is 5.62 Å². The Bertz CT molecular complexity index is 191. The third-order valence-corrected chi connectivity index (χ3v) is 1.11. The van der Waals surface area contributed by atoms with E-state index in [2.05, 4.69) is 20.6 Å². The first-order valence-electron chi connectivity index (χ1n) is 3.03. The zero-order valence-corrected chi connectivity index (χ0v) is 6.63. The van der Waals surface area contributed by atoms with E-state index in [9.17, 15) is 0 Å². The largest absolute Gasteiger partial charge is 0.374 e. The maximum Gasteiger partial charge on any atom is 0.269 e. The smallest absolute Gasteiger partial charge is 0.269 e. The first-order chi connectivity index (χ1) is 5.18. The maximum atomic E-state index is 8.85. The van der Waals surface area contributed by atoms with E-state index in [-0.39, 0.29) is 5.62 Å². The SMILES string of the molecule is CC(O)NC1=N[C](Cl)NC=N1. The topological polar surface area (TPSA) is 69.0 Å². The number of nitrogens with zero attached hydrogens (tertiary/aromatic N) is 2. The molecule has 0 amide bonds. The van der Waals surface area contributed by atoms with Gasteiger partial charge in [0.2, 0.25) is 5.96 Å². The molecule has 0 aromatic heterocycles. The van der Waals surface area contributed by atoms with Crippen molar-refractivity contribution in [3.05, 3.63) is 5.62 Å². The van der Waals surface area contributed by atoms with Gasteiger partial charge < -0.3 is 15.7 Å². The number of guanidine groups is 1. The van der Waals surface area contributed by atoms with Gasteiger partial charge in [0.1, 0.15) is 6.23 Å². The second kappa shape index (κ2) is 3.54. The molecule has 0 bridgehead atoms. The molecule has 0 aromatic carbocycles. The van der Waals surface area contributed by atoms with Crippen LogP contribution in [0, 0.1) is 5.62 Å². The van der Waals surface area contributed by atoms with Crippen molar-refractivity contribution in [3.8, 4) is 0 Å². The zero-order valence-electron chi connectivity index (χ0n) is 5.87. The van der Waals surface area contributed by atoms with Crippen molar-refractivity contribution < 1.29 is 5.11 Å². The van der Waals surface area contributed by atoms with Gasteiger partial charge in [0, 0.05) is 0 Å². The van der Waals surface area contributed by atoms with Crippen LogP contribution in [0.3, 0.4) is 0 Å². The number of halogens is 1. The average molecular weight is 176 g/mol. The van der Waals surface area contributed by atoms with Crippen LogP contribution in [0.4, 0.5) is 0 Å². The summed E-state index contributed by atoms with van der Waals surface area (Å²) in [7, 11) is 0. The predicted octanol–water partition coefficient (Wildman–Crippen LogP) is -0.412. The molecular weight excluding hydrogens is 168 g/mol. The molecule has 1 aliphatic heterocycles. The summed E-state index contributed by atoms with van der Waals surface area (Å²) in [6.07, 6.45) is 0.702. The Hall–Kier alpha value is -0.810. The van der Waals surface area contributed by atoms with Gasteiger partial charge in [-0.3, -0.25) is 0 Å². The van der Waals surface area contributed by atoms with Crippen molar-refractivity contribution >= 4 is 23.9 Å². The molecule has 1 unspecified atom stereocenters. The molecule has 1 radical (unpaired) electrons. The first kappa shape index (κ1) is 8.29. The highest BCUT2D eigenvalue weighted by Gasteiger charge is 2.09. The van der Waals surface area contributed by atoms with Gasteiger partial charge in [-0.2, -0.15) is 0 Å². The van der Waals surface area contributed by atoms with E-state index < -0.39 is 6.23 Å². The Morgan fingerprint density at radius 2 is 2.55 bits per heavy atom. The maximum absolute atomic E-state index is 8.85. The molecule has 6 heteroatoms. The highest BCUT2D eigenvalue weighted by atomic mass is 35.5. The fraction of sp³-hybridized carbons (Fsp3) is 0.400. The van der Waals surface area contributed by atoms with Crippen molar-refractivity contribution in [1.82, 2.24) is 10.6 Å². The van der Waals surface area contributed by atoms with Gasteiger partial charge in [0.15, 0.2) is 0 Å². The lowest BCUT2D eigenvalue weighted by Gasteiger charge is -2.12. The average Bonchev–Trinajstić information content (AvgIpc) is 1.85. The van der Waals surface area contributed by atoms with Crippen LogP contribution in [0.25, 0.3) is 0 Å². The van der Waals surface area contributed by atoms with Gasteiger partial charge in [-0.25, -0.2) is 9.98 Å². The lowest BCUT2D eigenvalue weighted by Crippen LogP contribution is -2.34. The minimum Gasteiger partial charge on any atom is -0.374 e. The molecule has 0 aliphatic carbocycles. The Kier molecular flexibility index (Phi) is 2.67. The van der Waals surface area contributed by atoms with E-state index in [0.29, 0.717) is 5.96 Å². The first-order valence-corrected chi connectivity index (χ1v) is 3.41. The van der Waals surface area contributed by atoms with Crippen molar-refractivity contribution in [1.29, 1.82) is 0 Å². The Morgan fingerprint density at radius 1 is 1.82 bits per heavy atom. The molecule has 1 rings (SSSR count). The van der Waals surface area contributed by atoms with Crippen LogP contribution < -0.4 is 10.6 Å². The van der Waals surface area contributed by atoms with Crippen LogP contribution in [0.1, 0.15) is 6.92 Å². The van der Waals surface area contributed by atoms with Crippen LogP contribution in [-0.4, -0.2) is 23.6 Å². The van der Waals surface area contributed by atoms with E-state index in [1.807, 2.05) is 0 Å². The molecule has 1 heterocycles. The lowest BCUT2D eigenvalue weighted by atomic mass is 10.6. The molecule has 0 aromatic rings. The van der Waals surface area contributed by atoms with Crippen molar-refractivity contribution in [2.45, 2.75) is 13.2 Å². The number of hydrogen-bond donors (Lipinski definition) is 3. The van der Waals surface area contributed by atoms with E-state index in [1.54, 1.807) is 6.92 Å². The molecular formula is C5H8ClN4O. The molecule has 0 saturated carbocycles. The number of nitrogens with one attached hydrogen (secondary N) is 2. The predicted molar refractivity (Wildman–Crippen MR) is 43.0 cm³/mol. The number of rotatable bonds is 1. The Labute approximate surface area is 69.2 Å². The molecule has 11 heavy (non-hydrogen) atoms. The van der Waals surface area contributed by atoms with E-state index in [0.717, 1.165) is 0 Å². The van der Waals surface area contributed by atoms with Crippen molar-refractivity contribution in [2.75, 3.05) is 0 Å². The number of aliphatic imine (C=N–C) groups is 2. The third-order valence-electron chi connectivity index (χ3n) is 0.913. The Morgan fingerprint density at radius 3 is 3.09 bits per heavy atom. The quantitative estimate of drug-likeness (QED) is 0.375. The normalized spacial score (nSPS) is 20.5. The fourth-order valence-corrected chi connectivity index (χ4v) is 0.686. The van der Waals surface area contributed by atoms with Gasteiger partial charge in [0.05, 0.1) is 6.34 Å².